The van der Waals surface area contributed by atoms with Crippen LogP contribution in [0.25, 0.3) is 21.8 Å². The Labute approximate surface area is 128 Å². The van der Waals surface area contributed by atoms with Gasteiger partial charge in [0.05, 0.1) is 5.69 Å². The smallest absolute Gasteiger partial charge is 0.124 e. The van der Waals surface area contributed by atoms with Crippen LogP contribution in [0.1, 0.15) is 10.4 Å². The van der Waals surface area contributed by atoms with Gasteiger partial charge in [-0.1, -0.05) is 22.0 Å². The Balaban J connectivity index is 1.80. The SMILES string of the molecule is Oc1ccc(-c2nc3c(s2)Cc2cc(Br)ccc2-3)cc1. The van der Waals surface area contributed by atoms with Crippen molar-refractivity contribution < 1.29 is 5.11 Å². The molecule has 1 aromatic heterocycles. The number of aromatic nitrogens is 1. The number of hydrogen-bond acceptors (Lipinski definition) is 3. The number of thiazole rings is 1. The second-order valence-corrected chi connectivity index (χ2v) is 6.82. The fraction of sp³-hybridized carbons (Fsp3) is 0.0625. The highest BCUT2D eigenvalue weighted by Gasteiger charge is 2.23. The largest absolute Gasteiger partial charge is 0.508 e. The van der Waals surface area contributed by atoms with E-state index in [1.54, 1.807) is 23.5 Å². The number of benzene rings is 2. The molecule has 0 fully saturated rings. The lowest BCUT2D eigenvalue weighted by Crippen LogP contribution is -1.82. The lowest BCUT2D eigenvalue weighted by atomic mass is 10.1. The number of rotatable bonds is 1. The number of nitrogens with zero attached hydrogens (tertiary/aromatic N) is 1. The van der Waals surface area contributed by atoms with E-state index in [-0.39, 0.29) is 5.75 Å². The highest BCUT2D eigenvalue weighted by molar-refractivity contribution is 9.10. The van der Waals surface area contributed by atoms with E-state index in [1.807, 2.05) is 12.1 Å². The molecule has 2 nitrogen and oxygen atoms in total. The van der Waals surface area contributed by atoms with Crippen molar-refractivity contribution >= 4 is 27.3 Å². The maximum atomic E-state index is 9.36. The standard InChI is InChI=1S/C16H10BrNOS/c17-11-3-6-13-10(7-11)8-14-15(13)18-16(20-14)9-1-4-12(19)5-2-9/h1-7,19H,8H2. The zero-order valence-corrected chi connectivity index (χ0v) is 12.8. The molecular formula is C16H10BrNOS. The Morgan fingerprint density at radius 1 is 1.10 bits per heavy atom. The van der Waals surface area contributed by atoms with Crippen molar-refractivity contribution in [3.05, 3.63) is 57.4 Å². The summed E-state index contributed by atoms with van der Waals surface area (Å²) in [4.78, 5) is 6.10. The van der Waals surface area contributed by atoms with Gasteiger partial charge < -0.3 is 5.11 Å². The molecule has 0 amide bonds. The van der Waals surface area contributed by atoms with Crippen molar-refractivity contribution in [3.63, 3.8) is 0 Å². The van der Waals surface area contributed by atoms with E-state index < -0.39 is 0 Å². The van der Waals surface area contributed by atoms with Crippen LogP contribution >= 0.6 is 27.3 Å². The molecule has 4 heteroatoms. The van der Waals surface area contributed by atoms with Crippen molar-refractivity contribution in [2.24, 2.45) is 0 Å². The van der Waals surface area contributed by atoms with Gasteiger partial charge in [0.2, 0.25) is 0 Å². The molecule has 0 radical (unpaired) electrons. The first-order valence-electron chi connectivity index (χ1n) is 6.28. The Hall–Kier alpha value is -1.65. The minimum Gasteiger partial charge on any atom is -0.508 e. The molecule has 0 atom stereocenters. The first-order valence-corrected chi connectivity index (χ1v) is 7.89. The van der Waals surface area contributed by atoms with Gasteiger partial charge in [-0.05, 0) is 42.0 Å². The van der Waals surface area contributed by atoms with Gasteiger partial charge in [0.1, 0.15) is 10.8 Å². The van der Waals surface area contributed by atoms with Gasteiger partial charge in [-0.2, -0.15) is 0 Å². The number of phenols is 1. The first-order chi connectivity index (χ1) is 9.70. The summed E-state index contributed by atoms with van der Waals surface area (Å²) >= 11 is 5.25. The molecule has 0 unspecified atom stereocenters. The summed E-state index contributed by atoms with van der Waals surface area (Å²) in [5.74, 6) is 0.285. The molecule has 98 valence electrons. The molecule has 0 aliphatic heterocycles. The Morgan fingerprint density at radius 2 is 1.90 bits per heavy atom. The van der Waals surface area contributed by atoms with E-state index >= 15 is 0 Å². The highest BCUT2D eigenvalue weighted by Crippen LogP contribution is 2.42. The Morgan fingerprint density at radius 3 is 2.70 bits per heavy atom. The third-order valence-electron chi connectivity index (χ3n) is 3.49. The molecule has 0 spiro atoms. The summed E-state index contributed by atoms with van der Waals surface area (Å²) in [6.07, 6.45) is 0.958. The molecule has 1 aliphatic rings. The normalized spacial score (nSPS) is 12.2. The number of hydrogen-bond donors (Lipinski definition) is 1. The van der Waals surface area contributed by atoms with Crippen LogP contribution < -0.4 is 0 Å². The predicted molar refractivity (Wildman–Crippen MR) is 85.2 cm³/mol. The van der Waals surface area contributed by atoms with E-state index in [1.165, 1.54) is 16.0 Å². The van der Waals surface area contributed by atoms with Crippen LogP contribution in [0.3, 0.4) is 0 Å². The average Bonchev–Trinajstić information content (AvgIpc) is 2.96. The van der Waals surface area contributed by atoms with Gasteiger partial charge in [0, 0.05) is 26.9 Å². The van der Waals surface area contributed by atoms with E-state index in [4.69, 9.17) is 4.98 Å². The number of aromatic hydroxyl groups is 1. The van der Waals surface area contributed by atoms with Crippen molar-refractivity contribution in [1.82, 2.24) is 4.98 Å². The van der Waals surface area contributed by atoms with E-state index in [9.17, 15) is 5.11 Å². The van der Waals surface area contributed by atoms with Crippen LogP contribution in [-0.2, 0) is 6.42 Å². The zero-order valence-electron chi connectivity index (χ0n) is 10.4. The fourth-order valence-corrected chi connectivity index (χ4v) is 4.03. The van der Waals surface area contributed by atoms with Crippen LogP contribution in [0.2, 0.25) is 0 Å². The van der Waals surface area contributed by atoms with Gasteiger partial charge >= 0.3 is 0 Å². The van der Waals surface area contributed by atoms with Gasteiger partial charge in [0.25, 0.3) is 0 Å². The minimum atomic E-state index is 0.285. The molecule has 0 bridgehead atoms. The van der Waals surface area contributed by atoms with Crippen molar-refractivity contribution in [1.29, 1.82) is 0 Å². The number of fused-ring (bicyclic) bond motifs is 3. The van der Waals surface area contributed by atoms with Crippen molar-refractivity contribution in [2.75, 3.05) is 0 Å². The predicted octanol–water partition coefficient (Wildman–Crippen LogP) is 4.85. The van der Waals surface area contributed by atoms with Crippen LogP contribution in [-0.4, -0.2) is 10.1 Å². The van der Waals surface area contributed by atoms with E-state index in [0.717, 1.165) is 27.2 Å². The molecule has 1 aliphatic carbocycles. The summed E-state index contributed by atoms with van der Waals surface area (Å²) in [7, 11) is 0. The van der Waals surface area contributed by atoms with Gasteiger partial charge in [0.15, 0.2) is 0 Å². The van der Waals surface area contributed by atoms with Crippen LogP contribution in [0.5, 0.6) is 5.75 Å². The van der Waals surface area contributed by atoms with Crippen molar-refractivity contribution in [2.45, 2.75) is 6.42 Å². The molecule has 4 rings (SSSR count). The van der Waals surface area contributed by atoms with Crippen LogP contribution in [0.4, 0.5) is 0 Å². The minimum absolute atomic E-state index is 0.285. The molecular weight excluding hydrogens is 334 g/mol. The molecule has 3 aromatic rings. The third kappa shape index (κ3) is 1.87. The molecule has 1 heterocycles. The number of phenolic OH excluding ortho intramolecular Hbond substituents is 1. The van der Waals surface area contributed by atoms with Crippen LogP contribution in [0, 0.1) is 0 Å². The van der Waals surface area contributed by atoms with E-state index in [0.29, 0.717) is 0 Å². The van der Waals surface area contributed by atoms with Gasteiger partial charge in [-0.15, -0.1) is 11.3 Å². The van der Waals surface area contributed by atoms with Gasteiger partial charge in [-0.25, -0.2) is 4.98 Å². The topological polar surface area (TPSA) is 33.1 Å². The summed E-state index contributed by atoms with van der Waals surface area (Å²) < 4.78 is 1.12. The molecule has 2 aromatic carbocycles. The Kier molecular flexibility index (Phi) is 2.69. The second-order valence-electron chi connectivity index (χ2n) is 4.82. The number of halogens is 1. The Bertz CT molecular complexity index is 808. The lowest BCUT2D eigenvalue weighted by Gasteiger charge is -2.00. The monoisotopic (exact) mass is 343 g/mol. The van der Waals surface area contributed by atoms with Gasteiger partial charge in [-0.3, -0.25) is 0 Å². The highest BCUT2D eigenvalue weighted by atomic mass is 79.9. The third-order valence-corrected chi connectivity index (χ3v) is 5.08. The van der Waals surface area contributed by atoms with E-state index in [2.05, 4.69) is 34.1 Å². The zero-order chi connectivity index (χ0) is 13.7. The summed E-state index contributed by atoms with van der Waals surface area (Å²) in [6, 6.07) is 13.6. The lowest BCUT2D eigenvalue weighted by molar-refractivity contribution is 0.475. The summed E-state index contributed by atoms with van der Waals surface area (Å²) in [5.41, 5.74) is 4.75. The second kappa shape index (κ2) is 4.43. The molecule has 0 saturated heterocycles. The maximum Gasteiger partial charge on any atom is 0.124 e. The molecule has 0 saturated carbocycles. The quantitative estimate of drug-likeness (QED) is 0.535. The van der Waals surface area contributed by atoms with Crippen LogP contribution in [0.15, 0.2) is 46.9 Å². The molecule has 20 heavy (non-hydrogen) atoms. The first kappa shape index (κ1) is 12.1. The summed E-state index contributed by atoms with van der Waals surface area (Å²) in [5, 5.41) is 10.4. The fourth-order valence-electron chi connectivity index (χ4n) is 2.52. The molecule has 1 N–H and O–H groups in total. The average molecular weight is 344 g/mol. The van der Waals surface area contributed by atoms with Crippen molar-refractivity contribution in [3.8, 4) is 27.6 Å². The summed E-state index contributed by atoms with van der Waals surface area (Å²) in [6.45, 7) is 0. The maximum absolute atomic E-state index is 9.36.